The van der Waals surface area contributed by atoms with E-state index in [2.05, 4.69) is 5.32 Å². The third-order valence-electron chi connectivity index (χ3n) is 4.69. The fourth-order valence-corrected chi connectivity index (χ4v) is 4.23. The van der Waals surface area contributed by atoms with Gasteiger partial charge in [-0.15, -0.1) is 23.7 Å². The van der Waals surface area contributed by atoms with Crippen LogP contribution in [0.25, 0.3) is 10.3 Å². The lowest BCUT2D eigenvalue weighted by Gasteiger charge is -2.35. The van der Waals surface area contributed by atoms with Crippen molar-refractivity contribution in [1.29, 1.82) is 0 Å². The van der Waals surface area contributed by atoms with E-state index >= 15 is 0 Å². The van der Waals surface area contributed by atoms with Gasteiger partial charge >= 0.3 is 0 Å². The number of rotatable bonds is 3. The minimum absolute atomic E-state index is 0. The Balaban J connectivity index is 0.00000196. The topological polar surface area (TPSA) is 75.0 Å². The molecule has 26 heavy (non-hydrogen) atoms. The Kier molecular flexibility index (Phi) is 6.18. The molecule has 2 amide bonds. The van der Waals surface area contributed by atoms with E-state index in [0.29, 0.717) is 50.7 Å². The number of carbonyl (C=O) groups is 2. The molecule has 7 nitrogen and oxygen atoms in total. The van der Waals surface area contributed by atoms with Crippen molar-refractivity contribution < 1.29 is 18.7 Å². The highest BCUT2D eigenvalue weighted by molar-refractivity contribution is 7.20. The fourth-order valence-electron chi connectivity index (χ4n) is 3.28. The van der Waals surface area contributed by atoms with Crippen LogP contribution in [0.15, 0.2) is 22.8 Å². The summed E-state index contributed by atoms with van der Waals surface area (Å²) in [5, 5.41) is 3.30. The normalized spacial score (nSPS) is 20.8. The molecule has 9 heteroatoms. The van der Waals surface area contributed by atoms with E-state index in [1.54, 1.807) is 12.3 Å². The first-order chi connectivity index (χ1) is 12.2. The number of amides is 2. The largest absolute Gasteiger partial charge is 0.463 e. The van der Waals surface area contributed by atoms with Crippen LogP contribution in [-0.4, -0.2) is 73.6 Å². The molecule has 1 unspecified atom stereocenters. The highest BCUT2D eigenvalue weighted by atomic mass is 35.5. The molecule has 142 valence electrons. The van der Waals surface area contributed by atoms with Crippen molar-refractivity contribution in [2.75, 3.05) is 45.9 Å². The number of hydrogen-bond acceptors (Lipinski definition) is 6. The van der Waals surface area contributed by atoms with E-state index in [-0.39, 0.29) is 30.3 Å². The molecule has 4 rings (SSSR count). The molecule has 0 aromatic carbocycles. The average molecular weight is 400 g/mol. The predicted molar refractivity (Wildman–Crippen MR) is 101 cm³/mol. The summed E-state index contributed by atoms with van der Waals surface area (Å²) in [5.41, 5.74) is 0.754. The molecule has 2 aliphatic heterocycles. The number of furan rings is 1. The minimum Gasteiger partial charge on any atom is -0.463 e. The van der Waals surface area contributed by atoms with E-state index in [1.807, 2.05) is 15.9 Å². The highest BCUT2D eigenvalue weighted by Crippen LogP contribution is 2.27. The first kappa shape index (κ1) is 19.2. The lowest BCUT2D eigenvalue weighted by atomic mass is 10.1. The van der Waals surface area contributed by atoms with Gasteiger partial charge in [0, 0.05) is 51.3 Å². The van der Waals surface area contributed by atoms with Crippen molar-refractivity contribution in [3.63, 3.8) is 0 Å². The first-order valence-electron chi connectivity index (χ1n) is 8.56. The van der Waals surface area contributed by atoms with Crippen LogP contribution in [0, 0.1) is 0 Å². The molecule has 0 radical (unpaired) electrons. The Morgan fingerprint density at radius 1 is 1.23 bits per heavy atom. The zero-order chi connectivity index (χ0) is 17.2. The van der Waals surface area contributed by atoms with Gasteiger partial charge < -0.3 is 24.3 Å². The van der Waals surface area contributed by atoms with Gasteiger partial charge in [-0.25, -0.2) is 0 Å². The molecule has 2 fully saturated rings. The summed E-state index contributed by atoms with van der Waals surface area (Å²) in [6.07, 6.45) is 2.08. The number of hydrogen-bond donors (Lipinski definition) is 1. The number of piperazine rings is 1. The van der Waals surface area contributed by atoms with E-state index < -0.39 is 0 Å². The number of halogens is 1. The van der Waals surface area contributed by atoms with Gasteiger partial charge in [-0.3, -0.25) is 9.59 Å². The number of ether oxygens (including phenoxy) is 1. The molecule has 2 aliphatic rings. The maximum Gasteiger partial charge on any atom is 0.264 e. The van der Waals surface area contributed by atoms with Gasteiger partial charge in [-0.05, 0) is 6.07 Å². The third-order valence-corrected chi connectivity index (χ3v) is 5.76. The molecule has 1 atom stereocenters. The number of carbonyl (C=O) groups excluding carboxylic acids is 2. The standard InChI is InChI=1S/C17H21N3O4S.ClH/c21-16(9-12-11-23-8-2-18-12)19-3-5-20(6-4-19)17(22)15-10-13-14(25-15)1-7-24-13;/h1,7,10,12,18H,2-6,8-9,11H2;1H. The molecule has 0 aliphatic carbocycles. The van der Waals surface area contributed by atoms with Crippen molar-refractivity contribution in [1.82, 2.24) is 15.1 Å². The van der Waals surface area contributed by atoms with Gasteiger partial charge in [0.15, 0.2) is 0 Å². The molecule has 0 spiro atoms. The maximum atomic E-state index is 12.6. The number of thiophene rings is 1. The Labute approximate surface area is 161 Å². The lowest BCUT2D eigenvalue weighted by molar-refractivity contribution is -0.133. The van der Waals surface area contributed by atoms with E-state index in [9.17, 15) is 9.59 Å². The van der Waals surface area contributed by atoms with Crippen molar-refractivity contribution in [2.45, 2.75) is 12.5 Å². The Morgan fingerprint density at radius 2 is 2.00 bits per heavy atom. The first-order valence-corrected chi connectivity index (χ1v) is 9.37. The van der Waals surface area contributed by atoms with Crippen molar-refractivity contribution >= 4 is 45.8 Å². The fraction of sp³-hybridized carbons (Fsp3) is 0.529. The van der Waals surface area contributed by atoms with Crippen LogP contribution in [0.2, 0.25) is 0 Å². The van der Waals surface area contributed by atoms with Crippen molar-refractivity contribution in [2.24, 2.45) is 0 Å². The van der Waals surface area contributed by atoms with Crippen LogP contribution in [0.1, 0.15) is 16.1 Å². The second kappa shape index (κ2) is 8.39. The maximum absolute atomic E-state index is 12.6. The van der Waals surface area contributed by atoms with Crippen LogP contribution >= 0.6 is 23.7 Å². The van der Waals surface area contributed by atoms with Crippen molar-refractivity contribution in [3.8, 4) is 0 Å². The van der Waals surface area contributed by atoms with E-state index in [4.69, 9.17) is 9.15 Å². The van der Waals surface area contributed by atoms with Gasteiger partial charge in [0.05, 0.1) is 29.1 Å². The molecular weight excluding hydrogens is 378 g/mol. The van der Waals surface area contributed by atoms with E-state index in [1.165, 1.54) is 11.3 Å². The Morgan fingerprint density at radius 3 is 2.69 bits per heavy atom. The second-order valence-electron chi connectivity index (χ2n) is 6.36. The summed E-state index contributed by atoms with van der Waals surface area (Å²) in [7, 11) is 0. The van der Waals surface area contributed by atoms with Crippen molar-refractivity contribution in [3.05, 3.63) is 23.3 Å². The van der Waals surface area contributed by atoms with E-state index in [0.717, 1.165) is 16.8 Å². The quantitative estimate of drug-likeness (QED) is 0.848. The monoisotopic (exact) mass is 399 g/mol. The highest BCUT2D eigenvalue weighted by Gasteiger charge is 2.27. The van der Waals surface area contributed by atoms with Crippen LogP contribution in [0.4, 0.5) is 0 Å². The molecule has 4 heterocycles. The van der Waals surface area contributed by atoms with Gasteiger partial charge in [0.2, 0.25) is 5.91 Å². The molecule has 2 aromatic heterocycles. The zero-order valence-corrected chi connectivity index (χ0v) is 15.9. The molecule has 2 saturated heterocycles. The Hall–Kier alpha value is -1.61. The predicted octanol–water partition coefficient (Wildman–Crippen LogP) is 1.58. The number of morpholine rings is 1. The summed E-state index contributed by atoms with van der Waals surface area (Å²) in [6, 6.07) is 3.77. The van der Waals surface area contributed by atoms with Gasteiger partial charge in [-0.1, -0.05) is 0 Å². The number of nitrogens with one attached hydrogen (secondary N) is 1. The number of fused-ring (bicyclic) bond motifs is 1. The Bertz CT molecular complexity index is 734. The van der Waals surface area contributed by atoms with Gasteiger partial charge in [-0.2, -0.15) is 0 Å². The van der Waals surface area contributed by atoms with Crippen LogP contribution in [-0.2, 0) is 9.53 Å². The van der Waals surface area contributed by atoms with Gasteiger partial charge in [0.25, 0.3) is 5.91 Å². The molecule has 2 aromatic rings. The third kappa shape index (κ3) is 4.03. The molecule has 0 bridgehead atoms. The summed E-state index contributed by atoms with van der Waals surface area (Å²) in [5.74, 6) is 0.148. The van der Waals surface area contributed by atoms with Crippen LogP contribution < -0.4 is 5.32 Å². The zero-order valence-electron chi connectivity index (χ0n) is 14.3. The van der Waals surface area contributed by atoms with Crippen LogP contribution in [0.3, 0.4) is 0 Å². The summed E-state index contributed by atoms with van der Waals surface area (Å²) in [6.45, 7) is 4.39. The SMILES string of the molecule is Cl.O=C(CC1COCCN1)N1CCN(C(=O)c2cc3occc3s2)CC1. The van der Waals surface area contributed by atoms with Crippen LogP contribution in [0.5, 0.6) is 0 Å². The summed E-state index contributed by atoms with van der Waals surface area (Å²) in [4.78, 5) is 29.4. The summed E-state index contributed by atoms with van der Waals surface area (Å²) < 4.78 is 11.7. The summed E-state index contributed by atoms with van der Waals surface area (Å²) >= 11 is 1.45. The second-order valence-corrected chi connectivity index (χ2v) is 7.45. The lowest BCUT2D eigenvalue weighted by Crippen LogP contribution is -2.52. The smallest absolute Gasteiger partial charge is 0.264 e. The molecule has 0 saturated carbocycles. The minimum atomic E-state index is 0. The number of nitrogens with zero attached hydrogens (tertiary/aromatic N) is 2. The molecule has 1 N–H and O–H groups in total. The average Bonchev–Trinajstić information content (AvgIpc) is 3.24. The molecular formula is C17H22ClN3O4S. The van der Waals surface area contributed by atoms with Gasteiger partial charge in [0.1, 0.15) is 5.58 Å².